The van der Waals surface area contributed by atoms with E-state index >= 15 is 0 Å². The Hall–Kier alpha value is -1.46. The molecule has 0 bridgehead atoms. The summed E-state index contributed by atoms with van der Waals surface area (Å²) in [7, 11) is 0. The molecule has 0 radical (unpaired) electrons. The lowest BCUT2D eigenvalue weighted by Gasteiger charge is -2.16. The zero-order valence-electron chi connectivity index (χ0n) is 11.1. The van der Waals surface area contributed by atoms with E-state index in [4.69, 9.17) is 27.8 Å². The van der Waals surface area contributed by atoms with E-state index in [9.17, 15) is 0 Å². The van der Waals surface area contributed by atoms with E-state index in [-0.39, 0.29) is 16.8 Å². The second kappa shape index (κ2) is 5.27. The first-order valence-electron chi connectivity index (χ1n) is 6.15. The number of nitrogens with zero attached hydrogens (tertiary/aromatic N) is 1. The van der Waals surface area contributed by atoms with Crippen molar-refractivity contribution >= 4 is 17.4 Å². The number of hydrogen-bond acceptors (Lipinski definition) is 4. The minimum Gasteiger partial charge on any atom is -0.389 e. The fraction of sp³-hybridized carbons (Fsp3) is 0.462. The van der Waals surface area contributed by atoms with Crippen LogP contribution in [-0.2, 0) is 4.74 Å². The fourth-order valence-corrected chi connectivity index (χ4v) is 2.37. The summed E-state index contributed by atoms with van der Waals surface area (Å²) in [4.78, 5) is 4.51. The molecule has 1 fully saturated rings. The smallest absolute Gasteiger partial charge is 0.128 e. The minimum atomic E-state index is -0.141. The van der Waals surface area contributed by atoms with Crippen LogP contribution in [0.15, 0.2) is 39.8 Å². The molecule has 0 saturated carbocycles. The highest BCUT2D eigenvalue weighted by Crippen LogP contribution is 2.27. The van der Waals surface area contributed by atoms with Crippen molar-refractivity contribution in [2.45, 2.75) is 31.9 Å². The van der Waals surface area contributed by atoms with E-state index in [0.717, 1.165) is 6.42 Å². The average Bonchev–Trinajstić information content (AvgIpc) is 2.68. The predicted molar refractivity (Wildman–Crippen MR) is 77.5 cm³/mol. The maximum absolute atomic E-state index is 6.05. The number of rotatable bonds is 2. The molecule has 19 heavy (non-hydrogen) atoms. The topological polar surface area (TPSA) is 85.7 Å². The number of nitrogens with one attached hydrogen (secondary N) is 1. The number of amidine groups is 1. The van der Waals surface area contributed by atoms with Crippen LogP contribution in [-0.4, -0.2) is 24.1 Å². The van der Waals surface area contributed by atoms with E-state index in [1.807, 2.05) is 13.8 Å². The van der Waals surface area contributed by atoms with Gasteiger partial charge in [-0.2, -0.15) is 0 Å². The van der Waals surface area contributed by atoms with Crippen LogP contribution in [0.25, 0.3) is 0 Å². The van der Waals surface area contributed by atoms with Gasteiger partial charge in [-0.3, -0.25) is 4.99 Å². The van der Waals surface area contributed by atoms with Crippen LogP contribution < -0.4 is 16.8 Å². The van der Waals surface area contributed by atoms with E-state index in [1.54, 1.807) is 18.5 Å². The zero-order chi connectivity index (χ0) is 14.0. The molecule has 6 heteroatoms. The Morgan fingerprint density at radius 1 is 1.53 bits per heavy atom. The van der Waals surface area contributed by atoms with Crippen molar-refractivity contribution in [2.24, 2.45) is 16.5 Å². The monoisotopic (exact) mass is 282 g/mol. The summed E-state index contributed by atoms with van der Waals surface area (Å²) >= 11 is 5.86. The Labute approximate surface area is 118 Å². The number of nitrogens with two attached hydrogens (primary N) is 2. The Balaban J connectivity index is 2.18. The normalized spacial score (nSPS) is 28.9. The Morgan fingerprint density at radius 2 is 2.26 bits per heavy atom. The number of hydrogen-bond donors (Lipinski definition) is 3. The second-order valence-electron chi connectivity index (χ2n) is 5.26. The van der Waals surface area contributed by atoms with Gasteiger partial charge < -0.3 is 21.5 Å². The minimum absolute atomic E-state index is 0.0691. The quantitative estimate of drug-likeness (QED) is 0.405. The maximum atomic E-state index is 6.05. The van der Waals surface area contributed by atoms with Crippen molar-refractivity contribution in [3.05, 3.63) is 34.8 Å². The van der Waals surface area contributed by atoms with Crippen molar-refractivity contribution in [1.82, 2.24) is 5.32 Å². The van der Waals surface area contributed by atoms with E-state index in [0.29, 0.717) is 23.6 Å². The van der Waals surface area contributed by atoms with Gasteiger partial charge >= 0.3 is 0 Å². The Morgan fingerprint density at radius 3 is 2.84 bits per heavy atom. The molecule has 0 amide bonds. The lowest BCUT2D eigenvalue weighted by molar-refractivity contribution is 0.0362. The average molecular weight is 283 g/mol. The third-order valence-corrected chi connectivity index (χ3v) is 3.32. The molecule has 1 saturated heterocycles. The third kappa shape index (κ3) is 3.30. The van der Waals surface area contributed by atoms with Gasteiger partial charge in [0.2, 0.25) is 0 Å². The lowest BCUT2D eigenvalue weighted by Crippen LogP contribution is -2.24. The second-order valence-corrected chi connectivity index (χ2v) is 5.67. The van der Waals surface area contributed by atoms with Gasteiger partial charge in [0.15, 0.2) is 0 Å². The molecule has 0 aliphatic carbocycles. The zero-order valence-corrected chi connectivity index (χ0v) is 11.9. The molecule has 104 valence electrons. The van der Waals surface area contributed by atoms with Crippen molar-refractivity contribution < 1.29 is 4.74 Å². The van der Waals surface area contributed by atoms with Crippen LogP contribution in [0.2, 0.25) is 0 Å². The highest BCUT2D eigenvalue weighted by Gasteiger charge is 2.32. The van der Waals surface area contributed by atoms with Crippen molar-refractivity contribution in [1.29, 1.82) is 0 Å². The number of ether oxygens (including phenoxy) is 1. The molecule has 1 atom stereocenters. The number of allylic oxidation sites excluding steroid dienone is 1. The highest BCUT2D eigenvalue weighted by molar-refractivity contribution is 6.30. The van der Waals surface area contributed by atoms with E-state index in [2.05, 4.69) is 10.3 Å². The summed E-state index contributed by atoms with van der Waals surface area (Å²) in [6.45, 7) is 4.68. The summed E-state index contributed by atoms with van der Waals surface area (Å²) in [6, 6.07) is 0.0691. The van der Waals surface area contributed by atoms with Gasteiger partial charge in [-0.05, 0) is 19.9 Å². The number of aliphatic imine (C=N–C) groups is 1. The largest absolute Gasteiger partial charge is 0.389 e. The first-order chi connectivity index (χ1) is 8.89. The summed E-state index contributed by atoms with van der Waals surface area (Å²) in [5, 5.41) is 3.16. The summed E-state index contributed by atoms with van der Waals surface area (Å²) in [6.07, 6.45) is 6.10. The van der Waals surface area contributed by atoms with Gasteiger partial charge in [-0.1, -0.05) is 11.6 Å². The van der Waals surface area contributed by atoms with Gasteiger partial charge in [-0.25, -0.2) is 0 Å². The van der Waals surface area contributed by atoms with Crippen LogP contribution in [0.4, 0.5) is 0 Å². The molecule has 0 unspecified atom stereocenters. The van der Waals surface area contributed by atoms with Gasteiger partial charge in [0.1, 0.15) is 11.0 Å². The standard InChI is InChI=1S/C13H19ClN4O/c1-13(2)5-8(7-19-13)18-12(16)10-6-17-4-3-9(10)11(14)15/h3-4,6,8,17H,5,7,15H2,1-2H3,(H2,16,18)/b11-9-/t8-/m0/s1. The number of dihydropyridines is 1. The SMILES string of the molecule is CC1(C)C[C@H](N=C(N)C2=CNC=C/C2=C(/N)Cl)CO1. The van der Waals surface area contributed by atoms with E-state index < -0.39 is 0 Å². The van der Waals surface area contributed by atoms with Crippen molar-refractivity contribution in [3.63, 3.8) is 0 Å². The Kier molecular flexibility index (Phi) is 3.87. The molecule has 2 heterocycles. The molecule has 2 rings (SSSR count). The maximum Gasteiger partial charge on any atom is 0.128 e. The Bertz CT molecular complexity index is 487. The molecule has 5 N–H and O–H groups in total. The molecular weight excluding hydrogens is 264 g/mol. The molecular formula is C13H19ClN4O. The molecule has 5 nitrogen and oxygen atoms in total. The molecule has 0 aromatic carbocycles. The van der Waals surface area contributed by atoms with Crippen molar-refractivity contribution in [3.8, 4) is 0 Å². The van der Waals surface area contributed by atoms with Crippen LogP contribution >= 0.6 is 11.6 Å². The summed E-state index contributed by atoms with van der Waals surface area (Å²) in [5.41, 5.74) is 12.9. The van der Waals surface area contributed by atoms with Crippen molar-refractivity contribution in [2.75, 3.05) is 6.61 Å². The lowest BCUT2D eigenvalue weighted by atomic mass is 10.0. The molecule has 0 aromatic rings. The van der Waals surface area contributed by atoms with Crippen LogP contribution in [0.5, 0.6) is 0 Å². The predicted octanol–water partition coefficient (Wildman–Crippen LogP) is 1.32. The van der Waals surface area contributed by atoms with Crippen LogP contribution in [0, 0.1) is 0 Å². The molecule has 0 aromatic heterocycles. The summed E-state index contributed by atoms with van der Waals surface area (Å²) in [5.74, 6) is 0.418. The summed E-state index contributed by atoms with van der Waals surface area (Å²) < 4.78 is 5.64. The number of halogens is 1. The van der Waals surface area contributed by atoms with Gasteiger partial charge in [0.25, 0.3) is 0 Å². The van der Waals surface area contributed by atoms with Crippen LogP contribution in [0.1, 0.15) is 20.3 Å². The van der Waals surface area contributed by atoms with Gasteiger partial charge in [0.05, 0.1) is 18.2 Å². The molecule has 0 spiro atoms. The first-order valence-corrected chi connectivity index (χ1v) is 6.53. The molecule has 2 aliphatic rings. The van der Waals surface area contributed by atoms with E-state index in [1.165, 1.54) is 0 Å². The van der Waals surface area contributed by atoms with Gasteiger partial charge in [-0.15, -0.1) is 0 Å². The first kappa shape index (κ1) is 14.0. The molecule has 2 aliphatic heterocycles. The van der Waals surface area contributed by atoms with Crippen LogP contribution in [0.3, 0.4) is 0 Å². The fourth-order valence-electron chi connectivity index (χ4n) is 2.21. The van der Waals surface area contributed by atoms with Gasteiger partial charge in [0, 0.05) is 30.0 Å². The third-order valence-electron chi connectivity index (χ3n) is 3.11. The highest BCUT2D eigenvalue weighted by atomic mass is 35.5.